The van der Waals surface area contributed by atoms with Crippen LogP contribution in [0.1, 0.15) is 53.4 Å². The summed E-state index contributed by atoms with van der Waals surface area (Å²) in [6.07, 6.45) is 3.34. The van der Waals surface area contributed by atoms with Gasteiger partial charge >= 0.3 is 6.03 Å². The van der Waals surface area contributed by atoms with Gasteiger partial charge in [0.2, 0.25) is 0 Å². The largest absolute Gasteiger partial charge is 0.334 e. The highest BCUT2D eigenvalue weighted by molar-refractivity contribution is 5.95. The summed E-state index contributed by atoms with van der Waals surface area (Å²) in [4.78, 5) is 31.8. The van der Waals surface area contributed by atoms with Gasteiger partial charge in [-0.15, -0.1) is 0 Å². The Hall–Kier alpha value is -1.40. The third-order valence-corrected chi connectivity index (χ3v) is 6.44. The van der Waals surface area contributed by atoms with Gasteiger partial charge in [0.15, 0.2) is 5.78 Å². The highest BCUT2D eigenvalue weighted by atomic mass is 16.2. The predicted octanol–water partition coefficient (Wildman–Crippen LogP) is 2.75. The highest BCUT2D eigenvalue weighted by Gasteiger charge is 2.41. The maximum absolute atomic E-state index is 12.9. The van der Waals surface area contributed by atoms with Crippen LogP contribution in [0, 0.1) is 5.92 Å². The molecule has 0 bridgehead atoms. The second-order valence-corrected chi connectivity index (χ2v) is 8.25. The van der Waals surface area contributed by atoms with Crippen LogP contribution in [-0.2, 0) is 4.79 Å². The van der Waals surface area contributed by atoms with E-state index in [9.17, 15) is 9.59 Å². The van der Waals surface area contributed by atoms with Gasteiger partial charge in [0.1, 0.15) is 0 Å². The zero-order valence-corrected chi connectivity index (χ0v) is 18.4. The first-order valence-electron chi connectivity index (χ1n) is 11.2. The van der Waals surface area contributed by atoms with E-state index in [-0.39, 0.29) is 17.9 Å². The molecule has 2 fully saturated rings. The number of urea groups is 1. The summed E-state index contributed by atoms with van der Waals surface area (Å²) in [7, 11) is 0. The quantitative estimate of drug-likeness (QED) is 0.613. The Labute approximate surface area is 171 Å². The van der Waals surface area contributed by atoms with Gasteiger partial charge in [0, 0.05) is 44.7 Å². The first kappa shape index (κ1) is 22.9. The third kappa shape index (κ3) is 5.80. The summed E-state index contributed by atoms with van der Waals surface area (Å²) in [5.41, 5.74) is 0.776. The molecule has 2 rings (SSSR count). The summed E-state index contributed by atoms with van der Waals surface area (Å²) in [5.74, 6) is 0.536. The van der Waals surface area contributed by atoms with Gasteiger partial charge in [-0.1, -0.05) is 27.4 Å². The van der Waals surface area contributed by atoms with Gasteiger partial charge in [-0.05, 0) is 57.3 Å². The number of fused-ring (bicyclic) bond motifs is 1. The number of likely N-dealkylation sites (N-methyl/N-ethyl adjacent to an activating group) is 2. The molecule has 1 saturated heterocycles. The predicted molar refractivity (Wildman–Crippen MR) is 114 cm³/mol. The Bertz CT molecular complexity index is 547. The molecule has 0 aromatic heterocycles. The van der Waals surface area contributed by atoms with Crippen molar-refractivity contribution in [2.45, 2.75) is 65.5 Å². The van der Waals surface area contributed by atoms with Gasteiger partial charge in [0.25, 0.3) is 0 Å². The molecule has 0 aromatic carbocycles. The van der Waals surface area contributed by atoms with Crippen LogP contribution in [0.25, 0.3) is 0 Å². The van der Waals surface area contributed by atoms with Crippen LogP contribution in [0.2, 0.25) is 0 Å². The van der Waals surface area contributed by atoms with E-state index in [0.29, 0.717) is 24.9 Å². The van der Waals surface area contributed by atoms with E-state index < -0.39 is 0 Å². The SMILES string of the molecule is C=C1C[C@@H]2[C@@H](CC1=O)CC(NC(=O)N(CC)CCN(CC)CC)CN2CCC. The summed E-state index contributed by atoms with van der Waals surface area (Å²) >= 11 is 0. The van der Waals surface area contributed by atoms with Crippen LogP contribution in [0.5, 0.6) is 0 Å². The lowest BCUT2D eigenvalue weighted by molar-refractivity contribution is -0.119. The maximum atomic E-state index is 12.9. The number of Topliss-reactive ketones (excluding diaryl/α,β-unsaturated/α-hetero) is 1. The molecular weight excluding hydrogens is 352 g/mol. The van der Waals surface area contributed by atoms with Gasteiger partial charge in [-0.3, -0.25) is 9.69 Å². The molecule has 1 heterocycles. The van der Waals surface area contributed by atoms with Crippen molar-refractivity contribution >= 4 is 11.8 Å². The molecular formula is C22H40N4O2. The number of hydrogen-bond donors (Lipinski definition) is 1. The monoisotopic (exact) mass is 392 g/mol. The van der Waals surface area contributed by atoms with Gasteiger partial charge in [-0.2, -0.15) is 0 Å². The van der Waals surface area contributed by atoms with Gasteiger partial charge in [-0.25, -0.2) is 4.79 Å². The minimum Gasteiger partial charge on any atom is -0.334 e. The number of hydrogen-bond acceptors (Lipinski definition) is 4. The highest BCUT2D eigenvalue weighted by Crippen LogP contribution is 2.35. The summed E-state index contributed by atoms with van der Waals surface area (Å²) in [6, 6.07) is 0.548. The van der Waals surface area contributed by atoms with Crippen molar-refractivity contribution in [2.24, 2.45) is 5.92 Å². The second kappa shape index (κ2) is 11.0. The number of rotatable bonds is 9. The zero-order chi connectivity index (χ0) is 20.7. The Morgan fingerprint density at radius 1 is 1.14 bits per heavy atom. The van der Waals surface area contributed by atoms with Crippen molar-refractivity contribution in [3.05, 3.63) is 12.2 Å². The molecule has 3 atom stereocenters. The smallest absolute Gasteiger partial charge is 0.317 e. The van der Waals surface area contributed by atoms with Gasteiger partial charge in [0.05, 0.1) is 0 Å². The molecule has 6 nitrogen and oxygen atoms in total. The van der Waals surface area contributed by atoms with Crippen molar-refractivity contribution in [1.82, 2.24) is 20.0 Å². The van der Waals surface area contributed by atoms with E-state index in [1.165, 1.54) is 0 Å². The molecule has 0 radical (unpaired) electrons. The molecule has 6 heteroatoms. The summed E-state index contributed by atoms with van der Waals surface area (Å²) < 4.78 is 0. The number of likely N-dealkylation sites (tertiary alicyclic amines) is 1. The number of amides is 2. The van der Waals surface area contributed by atoms with Crippen molar-refractivity contribution in [3.8, 4) is 0 Å². The molecule has 1 aliphatic carbocycles. The number of carbonyl (C=O) groups is 2. The first-order chi connectivity index (χ1) is 13.4. The van der Waals surface area contributed by atoms with Crippen LogP contribution < -0.4 is 5.32 Å². The molecule has 0 aromatic rings. The second-order valence-electron chi connectivity index (χ2n) is 8.25. The molecule has 0 spiro atoms. The Morgan fingerprint density at radius 3 is 2.46 bits per heavy atom. The van der Waals surface area contributed by atoms with Crippen LogP contribution in [0.3, 0.4) is 0 Å². The Morgan fingerprint density at radius 2 is 1.86 bits per heavy atom. The lowest BCUT2D eigenvalue weighted by Crippen LogP contribution is -2.59. The number of piperidine rings is 1. The molecule has 1 aliphatic heterocycles. The maximum Gasteiger partial charge on any atom is 0.317 e. The first-order valence-corrected chi connectivity index (χ1v) is 11.2. The molecule has 160 valence electrons. The van der Waals surface area contributed by atoms with Crippen molar-refractivity contribution < 1.29 is 9.59 Å². The van der Waals surface area contributed by atoms with Crippen LogP contribution in [-0.4, -0.2) is 84.4 Å². The van der Waals surface area contributed by atoms with E-state index in [1.807, 2.05) is 11.8 Å². The summed E-state index contributed by atoms with van der Waals surface area (Å²) in [6.45, 7) is 18.8. The van der Waals surface area contributed by atoms with Crippen LogP contribution >= 0.6 is 0 Å². The van der Waals surface area contributed by atoms with Crippen molar-refractivity contribution in [3.63, 3.8) is 0 Å². The number of carbonyl (C=O) groups excluding carboxylic acids is 2. The van der Waals surface area contributed by atoms with Crippen molar-refractivity contribution in [1.29, 1.82) is 0 Å². The topological polar surface area (TPSA) is 55.9 Å². The number of ketones is 1. The van der Waals surface area contributed by atoms with E-state index in [2.05, 4.69) is 42.5 Å². The molecule has 28 heavy (non-hydrogen) atoms. The van der Waals surface area contributed by atoms with E-state index in [0.717, 1.165) is 64.1 Å². The van der Waals surface area contributed by atoms with E-state index >= 15 is 0 Å². The fraction of sp³-hybridized carbons (Fsp3) is 0.818. The number of nitrogens with one attached hydrogen (secondary N) is 1. The van der Waals surface area contributed by atoms with Crippen molar-refractivity contribution in [2.75, 3.05) is 45.8 Å². The fourth-order valence-electron chi connectivity index (χ4n) is 4.70. The average Bonchev–Trinajstić information content (AvgIpc) is 2.67. The Kier molecular flexibility index (Phi) is 8.96. The minimum atomic E-state index is 0.0288. The van der Waals surface area contributed by atoms with Crippen LogP contribution in [0.4, 0.5) is 4.79 Å². The lowest BCUT2D eigenvalue weighted by atomic mass is 9.74. The average molecular weight is 393 g/mol. The standard InChI is InChI=1S/C22H40N4O2/c1-6-10-26-16-19(14-18-15-21(27)17(5)13-20(18)26)23-22(28)25(9-4)12-11-24(7-2)8-3/h18-20H,5-16H2,1-4H3,(H,23,28)/t18-,19?,20-/m1/s1. The molecule has 1 unspecified atom stereocenters. The van der Waals surface area contributed by atoms with Gasteiger partial charge < -0.3 is 15.1 Å². The summed E-state index contributed by atoms with van der Waals surface area (Å²) in [5, 5.41) is 3.27. The van der Waals surface area contributed by atoms with E-state index in [4.69, 9.17) is 0 Å². The molecule has 2 amide bonds. The third-order valence-electron chi connectivity index (χ3n) is 6.44. The minimum absolute atomic E-state index is 0.0288. The lowest BCUT2D eigenvalue weighted by Gasteiger charge is -2.47. The molecule has 1 N–H and O–H groups in total. The van der Waals surface area contributed by atoms with E-state index in [1.54, 1.807) is 0 Å². The normalized spacial score (nSPS) is 25.7. The molecule has 2 aliphatic rings. The zero-order valence-electron chi connectivity index (χ0n) is 18.4. The fourth-order valence-corrected chi connectivity index (χ4v) is 4.70. The van der Waals surface area contributed by atoms with Crippen LogP contribution in [0.15, 0.2) is 12.2 Å². The molecule has 1 saturated carbocycles. The Balaban J connectivity index is 1.97. The number of nitrogens with zero attached hydrogens (tertiary/aromatic N) is 3.